The molecule has 24 nitrogen and oxygen atoms in total. The molecule has 0 aliphatic rings. The van der Waals surface area contributed by atoms with Crippen LogP contribution < -0.4 is 21.7 Å². The quantitative estimate of drug-likeness (QED) is 0.0544. The molecule has 0 spiro atoms. The molecule has 0 radical (unpaired) electrons. The number of unbranched alkanes of at least 4 members (excludes halogenated alkanes) is 1. The number of aryl methyl sites for hydroxylation is 1. The number of aromatic nitrogens is 1. The van der Waals surface area contributed by atoms with E-state index in [1.807, 2.05) is 73.6 Å². The number of nitrogens with two attached hydrogens (primary N) is 1. The molecule has 0 saturated carbocycles. The smallest absolute Gasteiger partial charge is 0.324 e. The van der Waals surface area contributed by atoms with E-state index in [9.17, 15) is 43.5 Å². The molecule has 512 valence electrons. The number of hydrogen-bond acceptors (Lipinski definition) is 13. The summed E-state index contributed by atoms with van der Waals surface area (Å²) in [5, 5.41) is 20.3. The van der Waals surface area contributed by atoms with Gasteiger partial charge in [-0.2, -0.15) is 0 Å². The lowest BCUT2D eigenvalue weighted by Gasteiger charge is -2.41. The summed E-state index contributed by atoms with van der Waals surface area (Å²) in [4.78, 5) is 168. The first-order chi connectivity index (χ1) is 41.7. The molecular formula is C66H116N12O12. The predicted molar refractivity (Wildman–Crippen MR) is 348 cm³/mol. The fraction of sp³-hybridized carbons (Fsp3) is 0.758. The van der Waals surface area contributed by atoms with Crippen LogP contribution in [0.4, 0.5) is 4.79 Å². The summed E-state index contributed by atoms with van der Waals surface area (Å²) in [5.41, 5.74) is 6.62. The van der Waals surface area contributed by atoms with Gasteiger partial charge in [-0.25, -0.2) is 4.79 Å². The summed E-state index contributed by atoms with van der Waals surface area (Å²) in [7, 11) is 9.98. The van der Waals surface area contributed by atoms with Gasteiger partial charge in [-0.05, 0) is 112 Å². The average Bonchev–Trinajstić information content (AvgIpc) is 0.854. The van der Waals surface area contributed by atoms with Gasteiger partial charge in [0.25, 0.3) is 0 Å². The Morgan fingerprint density at radius 1 is 0.511 bits per heavy atom. The van der Waals surface area contributed by atoms with Crippen LogP contribution in [0.3, 0.4) is 0 Å². The largest absolute Gasteiger partial charge is 0.390 e. The molecule has 0 aliphatic carbocycles. The van der Waals surface area contributed by atoms with Crippen molar-refractivity contribution >= 4 is 65.1 Å². The Morgan fingerprint density at radius 2 is 0.989 bits per heavy atom. The summed E-state index contributed by atoms with van der Waals surface area (Å²) in [6, 6.07) is -5.86. The lowest BCUT2D eigenvalue weighted by atomic mass is 9.90. The molecule has 24 heteroatoms. The van der Waals surface area contributed by atoms with Crippen molar-refractivity contribution in [2.75, 3.05) is 49.3 Å². The van der Waals surface area contributed by atoms with Crippen LogP contribution in [-0.4, -0.2) is 219 Å². The minimum absolute atomic E-state index is 0.00509. The van der Waals surface area contributed by atoms with Crippen molar-refractivity contribution in [2.45, 2.75) is 235 Å². The molecule has 0 bridgehead atoms. The van der Waals surface area contributed by atoms with Gasteiger partial charge in [0.2, 0.25) is 59.1 Å². The maximum Gasteiger partial charge on any atom is 0.324 e. The molecule has 1 aromatic heterocycles. The van der Waals surface area contributed by atoms with Crippen LogP contribution in [0.15, 0.2) is 24.4 Å². The van der Waals surface area contributed by atoms with Gasteiger partial charge in [-0.3, -0.25) is 58.2 Å². The second-order valence-corrected chi connectivity index (χ2v) is 27.0. The third-order valence-corrected chi connectivity index (χ3v) is 17.0. The number of urea groups is 1. The van der Waals surface area contributed by atoms with Gasteiger partial charge in [0.15, 0.2) is 0 Å². The highest BCUT2D eigenvalue weighted by molar-refractivity contribution is 5.99. The number of amides is 12. The van der Waals surface area contributed by atoms with Crippen LogP contribution in [-0.2, 0) is 54.4 Å². The van der Waals surface area contributed by atoms with Crippen molar-refractivity contribution in [1.82, 2.24) is 55.2 Å². The molecule has 0 unspecified atom stereocenters. The van der Waals surface area contributed by atoms with Gasteiger partial charge < -0.3 is 55.8 Å². The summed E-state index contributed by atoms with van der Waals surface area (Å²) >= 11 is 0. The van der Waals surface area contributed by atoms with Gasteiger partial charge in [-0.15, -0.1) is 0 Å². The minimum Gasteiger partial charge on any atom is -0.390 e. The van der Waals surface area contributed by atoms with E-state index in [-0.39, 0.29) is 55.8 Å². The summed E-state index contributed by atoms with van der Waals surface area (Å²) in [6.45, 7) is 28.5. The first kappa shape index (κ1) is 81.3. The summed E-state index contributed by atoms with van der Waals surface area (Å²) < 4.78 is 0. The summed E-state index contributed by atoms with van der Waals surface area (Å²) in [5.74, 6) is -8.37. The van der Waals surface area contributed by atoms with Crippen molar-refractivity contribution < 1.29 is 57.8 Å². The number of carbonyl (C=O) groups excluding carboxylic acids is 11. The molecule has 1 heterocycles. The normalized spacial score (nSPS) is 15.3. The number of primary amides is 1. The van der Waals surface area contributed by atoms with Gasteiger partial charge >= 0.3 is 6.03 Å². The lowest BCUT2D eigenvalue weighted by Crippen LogP contribution is -2.64. The number of hydrogen-bond donors (Lipinski definition) is 5. The first-order valence-electron chi connectivity index (χ1n) is 32.4. The lowest BCUT2D eigenvalue weighted by molar-refractivity contribution is -0.157. The van der Waals surface area contributed by atoms with Crippen molar-refractivity contribution in [3.63, 3.8) is 0 Å². The van der Waals surface area contributed by atoms with Crippen molar-refractivity contribution in [1.29, 1.82) is 0 Å². The number of nitrogens with zero attached hydrogens (tertiary/aromatic N) is 8. The summed E-state index contributed by atoms with van der Waals surface area (Å²) in [6.07, 6.45) is 3.51. The van der Waals surface area contributed by atoms with Crippen molar-refractivity contribution in [3.8, 4) is 0 Å². The van der Waals surface area contributed by atoms with Crippen molar-refractivity contribution in [3.05, 3.63) is 30.1 Å². The number of carbonyl (C=O) groups is 11. The zero-order valence-electron chi connectivity index (χ0n) is 58.8. The topological polar surface area (TPSA) is 306 Å². The van der Waals surface area contributed by atoms with Gasteiger partial charge in [0.1, 0.15) is 54.4 Å². The van der Waals surface area contributed by atoms with E-state index in [4.69, 9.17) is 5.73 Å². The molecule has 0 saturated heterocycles. The number of aliphatic hydroxyl groups excluding tert-OH is 1. The van der Waals surface area contributed by atoms with E-state index in [2.05, 4.69) is 20.9 Å². The highest BCUT2D eigenvalue weighted by atomic mass is 16.3. The Morgan fingerprint density at radius 3 is 1.46 bits per heavy atom. The van der Waals surface area contributed by atoms with Crippen LogP contribution in [0.25, 0.3) is 0 Å². The molecule has 0 fully saturated rings. The van der Waals surface area contributed by atoms with Crippen LogP contribution >= 0.6 is 0 Å². The Labute approximate surface area is 538 Å². The average molecular weight is 1270 g/mol. The zero-order valence-corrected chi connectivity index (χ0v) is 58.8. The third-order valence-electron chi connectivity index (χ3n) is 17.0. The number of rotatable bonds is 37. The second kappa shape index (κ2) is 38.2. The maximum atomic E-state index is 15.3. The van der Waals surface area contributed by atoms with E-state index in [1.54, 1.807) is 54.7 Å². The molecule has 11 atom stereocenters. The molecule has 12 amide bonds. The maximum absolute atomic E-state index is 15.3. The Hall–Kier alpha value is -6.72. The fourth-order valence-corrected chi connectivity index (χ4v) is 11.1. The number of likely N-dealkylation sites (N-methyl/N-ethyl adjacent to an activating group) is 7. The standard InChI is InChI=1S/C66H116N12O12/c1-24-47(61(85)72(17)45(16)60(84)74(19)49(35-39(5)6)58(82)71-53(42(11)12)64(88)73(18)48(57(67)81)34-38(3)4)69-59(83)55(56(80)44(15)30-26-27-31-46-32-28-29-33-68-46)78(23)65(89)54(43(13)14)77(22)63(87)50(36-40(7)8)75(20)62(86)51(37-41(9)10)76(21)66(90)70-52(79)25-2/h28-29,32-33,38-45,47-51,53-56,80H,24-27,30-31,34-37H2,1-23H3,(H2,67,81)(H,69,83)(H,71,82)(H,70,79,90)/t44-,45-,47+,48+,49+,50+,51+,53+,54+,55+,56-/m1/s1. The molecular weight excluding hydrogens is 1150 g/mol. The highest BCUT2D eigenvalue weighted by Gasteiger charge is 2.46. The number of imide groups is 1. The molecule has 90 heavy (non-hydrogen) atoms. The van der Waals surface area contributed by atoms with Crippen molar-refractivity contribution in [2.24, 2.45) is 47.2 Å². The second-order valence-electron chi connectivity index (χ2n) is 27.0. The molecule has 1 rings (SSSR count). The van der Waals surface area contributed by atoms with Crippen LogP contribution in [0, 0.1) is 41.4 Å². The van der Waals surface area contributed by atoms with E-state index >= 15 is 14.4 Å². The number of nitrogens with one attached hydrogen (secondary N) is 3. The Bertz CT molecular complexity index is 2530. The highest BCUT2D eigenvalue weighted by Crippen LogP contribution is 2.26. The number of pyridine rings is 1. The Kier molecular flexibility index (Phi) is 34.5. The molecule has 0 aromatic carbocycles. The zero-order chi connectivity index (χ0) is 69.5. The molecule has 6 N–H and O–H groups in total. The number of aliphatic hydroxyl groups is 1. The fourth-order valence-electron chi connectivity index (χ4n) is 11.1. The van der Waals surface area contributed by atoms with E-state index in [0.29, 0.717) is 32.1 Å². The van der Waals surface area contributed by atoms with Crippen LogP contribution in [0.1, 0.15) is 174 Å². The minimum atomic E-state index is -1.63. The SMILES string of the molecule is CCC(=O)NC(=O)N(C)[C@@H](CC(C)C)C(=O)N(C)[C@@H](CC(C)C)C(=O)N(C)[C@H](C(=O)N(C)[C@H](C(=O)N[C@@H](CC)C(=O)N(C)[C@H](C)C(=O)N(C)[C@@H](CC(C)C)C(=O)N[C@H](C(=O)N(C)[C@@H](CC(C)C)C(N)=O)C(C)C)[C@H](O)[C@H](C)CCCCc1ccccn1)C(C)C. The monoisotopic (exact) mass is 1270 g/mol. The van der Waals surface area contributed by atoms with E-state index in [0.717, 1.165) is 20.4 Å². The first-order valence-corrected chi connectivity index (χ1v) is 32.4. The van der Waals surface area contributed by atoms with Gasteiger partial charge in [0.05, 0.1) is 6.10 Å². The Balaban J connectivity index is 3.83. The van der Waals surface area contributed by atoms with Gasteiger partial charge in [0, 0.05) is 67.6 Å². The van der Waals surface area contributed by atoms with E-state index in [1.165, 1.54) is 75.9 Å². The molecule has 0 aliphatic heterocycles. The molecule has 1 aromatic rings. The van der Waals surface area contributed by atoms with E-state index < -0.39 is 143 Å². The van der Waals surface area contributed by atoms with Gasteiger partial charge in [-0.1, -0.05) is 116 Å². The predicted octanol–water partition coefficient (Wildman–Crippen LogP) is 5.08. The third kappa shape index (κ3) is 23.8. The van der Waals surface area contributed by atoms with Crippen LogP contribution in [0.2, 0.25) is 0 Å². The van der Waals surface area contributed by atoms with Crippen LogP contribution in [0.5, 0.6) is 0 Å².